The molecule has 120 valence electrons. The molecule has 1 fully saturated rings. The maximum atomic E-state index is 12.7. The molecule has 0 saturated heterocycles. The molecule has 0 bridgehead atoms. The van der Waals surface area contributed by atoms with Gasteiger partial charge < -0.3 is 5.32 Å². The molecule has 0 aromatic carbocycles. The molecule has 0 aliphatic heterocycles. The van der Waals surface area contributed by atoms with Crippen molar-refractivity contribution in [3.63, 3.8) is 0 Å². The first-order valence-corrected chi connectivity index (χ1v) is 8.79. The van der Waals surface area contributed by atoms with Gasteiger partial charge in [-0.15, -0.1) is 0 Å². The van der Waals surface area contributed by atoms with Gasteiger partial charge in [0.1, 0.15) is 0 Å². The predicted octanol–water partition coefficient (Wildman–Crippen LogP) is 1.64. The van der Waals surface area contributed by atoms with Crippen LogP contribution in [0.5, 0.6) is 0 Å². The van der Waals surface area contributed by atoms with Gasteiger partial charge in [0.15, 0.2) is 5.03 Å². The third-order valence-corrected chi connectivity index (χ3v) is 5.31. The van der Waals surface area contributed by atoms with E-state index in [0.717, 1.165) is 11.3 Å². The molecule has 0 radical (unpaired) electrons. The maximum Gasteiger partial charge on any atom is 0.262 e. The van der Waals surface area contributed by atoms with Crippen molar-refractivity contribution in [1.29, 1.82) is 0 Å². The first-order valence-electron chi connectivity index (χ1n) is 7.35. The van der Waals surface area contributed by atoms with E-state index in [9.17, 15) is 8.42 Å². The second-order valence-electron chi connectivity index (χ2n) is 7.11. The third kappa shape index (κ3) is 4.05. The fourth-order valence-corrected chi connectivity index (χ4v) is 3.84. The molecular formula is C14H26N4O2S. The Labute approximate surface area is 127 Å². The highest BCUT2D eigenvalue weighted by molar-refractivity contribution is 7.89. The number of aromatic amines is 1. The Kier molecular flexibility index (Phi) is 4.46. The van der Waals surface area contributed by atoms with Gasteiger partial charge in [0.2, 0.25) is 0 Å². The molecule has 7 heteroatoms. The van der Waals surface area contributed by atoms with Gasteiger partial charge in [0, 0.05) is 37.4 Å². The first-order chi connectivity index (χ1) is 9.61. The highest BCUT2D eigenvalue weighted by Crippen LogP contribution is 2.25. The summed E-state index contributed by atoms with van der Waals surface area (Å²) in [5, 5.41) is 10.4. The van der Waals surface area contributed by atoms with Crippen LogP contribution in [0.1, 0.15) is 44.9 Å². The first kappa shape index (κ1) is 16.5. The molecular weight excluding hydrogens is 288 g/mol. The standard InChI is InChI=1S/C14H26N4O2S/c1-10-12(8-15-11-6-7-11)13(17-16-10)21(19,20)18(5)9-14(2,3)4/h11,15H,6-9H2,1-5H3,(H,16,17). The summed E-state index contributed by atoms with van der Waals surface area (Å²) in [5.41, 5.74) is 1.47. The lowest BCUT2D eigenvalue weighted by atomic mass is 9.97. The van der Waals surface area contributed by atoms with E-state index in [2.05, 4.69) is 15.5 Å². The van der Waals surface area contributed by atoms with Gasteiger partial charge in [0.05, 0.1) is 0 Å². The van der Waals surface area contributed by atoms with Gasteiger partial charge >= 0.3 is 0 Å². The minimum absolute atomic E-state index is 0.0976. The van der Waals surface area contributed by atoms with Crippen LogP contribution in [0.3, 0.4) is 0 Å². The summed E-state index contributed by atoms with van der Waals surface area (Å²) in [6, 6.07) is 0.530. The van der Waals surface area contributed by atoms with E-state index in [1.807, 2.05) is 27.7 Å². The molecule has 0 unspecified atom stereocenters. The van der Waals surface area contributed by atoms with Crippen LogP contribution < -0.4 is 5.32 Å². The Morgan fingerprint density at radius 2 is 2.00 bits per heavy atom. The van der Waals surface area contributed by atoms with Crippen molar-refractivity contribution in [1.82, 2.24) is 19.8 Å². The third-order valence-electron chi connectivity index (χ3n) is 3.53. The van der Waals surface area contributed by atoms with E-state index in [-0.39, 0.29) is 10.4 Å². The number of rotatable bonds is 6. The van der Waals surface area contributed by atoms with Gasteiger partial charge in [-0.05, 0) is 25.2 Å². The highest BCUT2D eigenvalue weighted by Gasteiger charge is 2.31. The minimum Gasteiger partial charge on any atom is -0.310 e. The molecule has 21 heavy (non-hydrogen) atoms. The molecule has 0 spiro atoms. The average Bonchev–Trinajstić information content (AvgIpc) is 3.08. The van der Waals surface area contributed by atoms with Crippen LogP contribution in [0.2, 0.25) is 0 Å². The summed E-state index contributed by atoms with van der Waals surface area (Å²) in [6.45, 7) is 8.92. The predicted molar refractivity (Wildman–Crippen MR) is 82.5 cm³/mol. The summed E-state index contributed by atoms with van der Waals surface area (Å²) < 4.78 is 26.8. The van der Waals surface area contributed by atoms with Gasteiger partial charge in [-0.25, -0.2) is 8.42 Å². The zero-order valence-corrected chi connectivity index (χ0v) is 14.3. The Hall–Kier alpha value is -0.920. The number of hydrogen-bond acceptors (Lipinski definition) is 4. The number of aryl methyl sites for hydroxylation is 1. The van der Waals surface area contributed by atoms with Crippen molar-refractivity contribution in [2.45, 2.75) is 58.1 Å². The van der Waals surface area contributed by atoms with E-state index >= 15 is 0 Å². The van der Waals surface area contributed by atoms with Crippen LogP contribution in [-0.4, -0.2) is 42.6 Å². The topological polar surface area (TPSA) is 78.1 Å². The molecule has 0 amide bonds. The van der Waals surface area contributed by atoms with Crippen LogP contribution in [0.25, 0.3) is 0 Å². The summed E-state index contributed by atoms with van der Waals surface area (Å²) in [7, 11) is -1.94. The molecule has 1 aromatic rings. The molecule has 2 N–H and O–H groups in total. The van der Waals surface area contributed by atoms with E-state index in [1.165, 1.54) is 17.1 Å². The van der Waals surface area contributed by atoms with Crippen molar-refractivity contribution in [2.24, 2.45) is 5.41 Å². The fraction of sp³-hybridized carbons (Fsp3) is 0.786. The zero-order chi connectivity index (χ0) is 15.8. The van der Waals surface area contributed by atoms with Gasteiger partial charge in [0.25, 0.3) is 10.0 Å². The van der Waals surface area contributed by atoms with E-state index < -0.39 is 10.0 Å². The van der Waals surface area contributed by atoms with Gasteiger partial charge in [-0.1, -0.05) is 20.8 Å². The lowest BCUT2D eigenvalue weighted by Gasteiger charge is -2.25. The summed E-state index contributed by atoms with van der Waals surface area (Å²) in [6.07, 6.45) is 2.34. The average molecular weight is 314 g/mol. The summed E-state index contributed by atoms with van der Waals surface area (Å²) >= 11 is 0. The van der Waals surface area contributed by atoms with Crippen molar-refractivity contribution < 1.29 is 8.42 Å². The summed E-state index contributed by atoms with van der Waals surface area (Å²) in [4.78, 5) is 0. The Balaban J connectivity index is 2.22. The molecule has 6 nitrogen and oxygen atoms in total. The Bertz CT molecular complexity index is 597. The Morgan fingerprint density at radius 1 is 1.38 bits per heavy atom. The number of hydrogen-bond donors (Lipinski definition) is 2. The van der Waals surface area contributed by atoms with E-state index in [1.54, 1.807) is 7.05 Å². The minimum atomic E-state index is -3.56. The molecule has 1 aliphatic rings. The van der Waals surface area contributed by atoms with Gasteiger partial charge in [-0.3, -0.25) is 5.10 Å². The normalized spacial score (nSPS) is 16.7. The van der Waals surface area contributed by atoms with Crippen molar-refractivity contribution in [2.75, 3.05) is 13.6 Å². The molecule has 0 atom stereocenters. The second kappa shape index (κ2) is 5.70. The Morgan fingerprint density at radius 3 is 2.52 bits per heavy atom. The van der Waals surface area contributed by atoms with Crippen LogP contribution in [0.15, 0.2) is 5.03 Å². The van der Waals surface area contributed by atoms with Crippen molar-refractivity contribution in [3.8, 4) is 0 Å². The molecule has 1 heterocycles. The van der Waals surface area contributed by atoms with Crippen LogP contribution in [0.4, 0.5) is 0 Å². The van der Waals surface area contributed by atoms with Gasteiger partial charge in [-0.2, -0.15) is 9.40 Å². The smallest absolute Gasteiger partial charge is 0.262 e. The lowest BCUT2D eigenvalue weighted by molar-refractivity contribution is 0.310. The van der Waals surface area contributed by atoms with Crippen LogP contribution >= 0.6 is 0 Å². The van der Waals surface area contributed by atoms with Crippen LogP contribution in [-0.2, 0) is 16.6 Å². The number of H-pyrrole nitrogens is 1. The zero-order valence-electron chi connectivity index (χ0n) is 13.5. The quantitative estimate of drug-likeness (QED) is 0.836. The number of sulfonamides is 1. The number of nitrogens with zero attached hydrogens (tertiary/aromatic N) is 2. The molecule has 1 aromatic heterocycles. The molecule has 1 aliphatic carbocycles. The number of nitrogens with one attached hydrogen (secondary N) is 2. The maximum absolute atomic E-state index is 12.7. The highest BCUT2D eigenvalue weighted by atomic mass is 32.2. The fourth-order valence-electron chi connectivity index (χ4n) is 2.29. The lowest BCUT2D eigenvalue weighted by Crippen LogP contribution is -2.35. The largest absolute Gasteiger partial charge is 0.310 e. The SMILES string of the molecule is Cc1[nH]nc(S(=O)(=O)N(C)CC(C)(C)C)c1CNC1CC1. The van der Waals surface area contributed by atoms with Crippen molar-refractivity contribution in [3.05, 3.63) is 11.3 Å². The monoisotopic (exact) mass is 314 g/mol. The summed E-state index contributed by atoms with van der Waals surface area (Å²) in [5.74, 6) is 0. The second-order valence-corrected chi connectivity index (χ2v) is 9.07. The van der Waals surface area contributed by atoms with Crippen LogP contribution in [0, 0.1) is 12.3 Å². The van der Waals surface area contributed by atoms with E-state index in [0.29, 0.717) is 19.1 Å². The van der Waals surface area contributed by atoms with E-state index in [4.69, 9.17) is 0 Å². The molecule has 1 saturated carbocycles. The number of aromatic nitrogens is 2. The molecule has 2 rings (SSSR count). The van der Waals surface area contributed by atoms with Crippen molar-refractivity contribution >= 4 is 10.0 Å².